The molecule has 0 amide bonds. The fourth-order valence-electron chi connectivity index (χ4n) is 2.27. The predicted octanol–water partition coefficient (Wildman–Crippen LogP) is 3.36. The van der Waals surface area contributed by atoms with Crippen molar-refractivity contribution < 1.29 is 9.47 Å². The van der Waals surface area contributed by atoms with Crippen LogP contribution in [-0.4, -0.2) is 32.3 Å². The lowest BCUT2D eigenvalue weighted by Gasteiger charge is -2.12. The molecule has 2 N–H and O–H groups in total. The van der Waals surface area contributed by atoms with E-state index in [-0.39, 0.29) is 0 Å². The summed E-state index contributed by atoms with van der Waals surface area (Å²) in [6.45, 7) is 7.81. The summed E-state index contributed by atoms with van der Waals surface area (Å²) in [5.74, 6) is 2.18. The molecule has 0 saturated heterocycles. The van der Waals surface area contributed by atoms with Crippen molar-refractivity contribution in [1.29, 1.82) is 0 Å². The van der Waals surface area contributed by atoms with E-state index in [1.54, 1.807) is 0 Å². The molecule has 0 unspecified atom stereocenters. The number of nitrogens with zero attached hydrogens (tertiary/aromatic N) is 1. The minimum atomic E-state index is 0.540. The van der Waals surface area contributed by atoms with E-state index in [1.165, 1.54) is 0 Å². The summed E-state index contributed by atoms with van der Waals surface area (Å²) >= 11 is 6.31. The molecule has 0 spiro atoms. The van der Waals surface area contributed by atoms with Gasteiger partial charge in [-0.25, -0.2) is 4.99 Å². The SMILES string of the molecule is CCCCNC(=NCc1cc(Cl)c2c(c1)OCCCO2)NCC. The highest BCUT2D eigenvalue weighted by atomic mass is 35.5. The van der Waals surface area contributed by atoms with E-state index >= 15 is 0 Å². The van der Waals surface area contributed by atoms with Crippen LogP contribution < -0.4 is 20.1 Å². The molecule has 0 saturated carbocycles. The maximum atomic E-state index is 6.31. The highest BCUT2D eigenvalue weighted by molar-refractivity contribution is 6.32. The van der Waals surface area contributed by atoms with Gasteiger partial charge in [-0.2, -0.15) is 0 Å². The number of fused-ring (bicyclic) bond motifs is 1. The number of halogens is 1. The van der Waals surface area contributed by atoms with Crippen LogP contribution in [0, 0.1) is 0 Å². The molecular weight excluding hydrogens is 314 g/mol. The number of nitrogens with one attached hydrogen (secondary N) is 2. The van der Waals surface area contributed by atoms with Crippen molar-refractivity contribution in [3.8, 4) is 11.5 Å². The molecular formula is C17H26ClN3O2. The Balaban J connectivity index is 2.07. The first-order valence-corrected chi connectivity index (χ1v) is 8.72. The van der Waals surface area contributed by atoms with Gasteiger partial charge in [0.1, 0.15) is 0 Å². The zero-order chi connectivity index (χ0) is 16.5. The van der Waals surface area contributed by atoms with Gasteiger partial charge in [0.15, 0.2) is 17.5 Å². The van der Waals surface area contributed by atoms with Crippen molar-refractivity contribution in [3.63, 3.8) is 0 Å². The van der Waals surface area contributed by atoms with Gasteiger partial charge in [-0.3, -0.25) is 0 Å². The molecule has 1 aromatic rings. The van der Waals surface area contributed by atoms with Crippen molar-refractivity contribution in [2.45, 2.75) is 39.7 Å². The number of guanidine groups is 1. The van der Waals surface area contributed by atoms with E-state index < -0.39 is 0 Å². The molecule has 1 aromatic carbocycles. The highest BCUT2D eigenvalue weighted by Gasteiger charge is 2.15. The van der Waals surface area contributed by atoms with Gasteiger partial charge in [-0.1, -0.05) is 24.9 Å². The molecule has 0 bridgehead atoms. The van der Waals surface area contributed by atoms with Gasteiger partial charge in [0, 0.05) is 19.5 Å². The van der Waals surface area contributed by atoms with Crippen molar-refractivity contribution in [2.75, 3.05) is 26.3 Å². The highest BCUT2D eigenvalue weighted by Crippen LogP contribution is 2.38. The molecule has 0 atom stereocenters. The summed E-state index contributed by atoms with van der Waals surface area (Å²) < 4.78 is 11.4. The Hall–Kier alpha value is -1.62. The molecule has 1 heterocycles. The van der Waals surface area contributed by atoms with Crippen molar-refractivity contribution >= 4 is 17.6 Å². The van der Waals surface area contributed by atoms with Crippen molar-refractivity contribution in [1.82, 2.24) is 10.6 Å². The van der Waals surface area contributed by atoms with E-state index in [4.69, 9.17) is 21.1 Å². The Kier molecular flexibility index (Phi) is 7.33. The van der Waals surface area contributed by atoms with Crippen LogP contribution >= 0.6 is 11.6 Å². The quantitative estimate of drug-likeness (QED) is 0.474. The Morgan fingerprint density at radius 1 is 1.22 bits per heavy atom. The van der Waals surface area contributed by atoms with Crippen LogP contribution in [0.25, 0.3) is 0 Å². The van der Waals surface area contributed by atoms with Gasteiger partial charge in [0.2, 0.25) is 0 Å². The van der Waals surface area contributed by atoms with Crippen LogP contribution in [-0.2, 0) is 6.54 Å². The molecule has 128 valence electrons. The third-order valence-electron chi connectivity index (χ3n) is 3.45. The number of benzene rings is 1. The lowest BCUT2D eigenvalue weighted by molar-refractivity contribution is 0.297. The maximum Gasteiger partial charge on any atom is 0.191 e. The number of aliphatic imine (C=N–C) groups is 1. The van der Waals surface area contributed by atoms with E-state index in [1.807, 2.05) is 12.1 Å². The van der Waals surface area contributed by atoms with Crippen molar-refractivity contribution in [3.05, 3.63) is 22.7 Å². The second-order valence-corrected chi connectivity index (χ2v) is 5.84. The van der Waals surface area contributed by atoms with E-state index in [0.29, 0.717) is 36.3 Å². The number of rotatable bonds is 6. The molecule has 1 aliphatic heterocycles. The Morgan fingerprint density at radius 3 is 2.83 bits per heavy atom. The van der Waals surface area contributed by atoms with Crippen LogP contribution in [0.5, 0.6) is 11.5 Å². The second-order valence-electron chi connectivity index (χ2n) is 5.43. The Morgan fingerprint density at radius 2 is 2.04 bits per heavy atom. The summed E-state index contributed by atoms with van der Waals surface area (Å²) in [6, 6.07) is 3.86. The maximum absolute atomic E-state index is 6.31. The second kappa shape index (κ2) is 9.50. The standard InChI is InChI=1S/C17H26ClN3O2/c1-3-5-7-20-17(19-4-2)21-12-13-10-14(18)16-15(11-13)22-8-6-9-23-16/h10-11H,3-9,12H2,1-2H3,(H2,19,20,21). The number of unbranched alkanes of at least 4 members (excludes halogenated alkanes) is 1. The summed E-state index contributed by atoms with van der Waals surface area (Å²) in [7, 11) is 0. The van der Waals surface area contributed by atoms with E-state index in [0.717, 1.165) is 43.9 Å². The van der Waals surface area contributed by atoms with E-state index in [2.05, 4.69) is 29.5 Å². The first kappa shape index (κ1) is 17.7. The van der Waals surface area contributed by atoms with Gasteiger partial charge in [0.05, 0.1) is 24.8 Å². The zero-order valence-electron chi connectivity index (χ0n) is 14.0. The smallest absolute Gasteiger partial charge is 0.191 e. The third kappa shape index (κ3) is 5.50. The van der Waals surface area contributed by atoms with Gasteiger partial charge in [0.25, 0.3) is 0 Å². The largest absolute Gasteiger partial charge is 0.489 e. The first-order chi connectivity index (χ1) is 11.2. The van der Waals surface area contributed by atoms with Crippen LogP contribution in [0.4, 0.5) is 0 Å². The molecule has 0 aliphatic carbocycles. The summed E-state index contributed by atoms with van der Waals surface area (Å²) in [5.41, 5.74) is 1.01. The molecule has 0 radical (unpaired) electrons. The summed E-state index contributed by atoms with van der Waals surface area (Å²) in [4.78, 5) is 4.61. The zero-order valence-corrected chi connectivity index (χ0v) is 14.7. The third-order valence-corrected chi connectivity index (χ3v) is 3.73. The average molecular weight is 340 g/mol. The van der Waals surface area contributed by atoms with Gasteiger partial charge < -0.3 is 20.1 Å². The van der Waals surface area contributed by atoms with Crippen molar-refractivity contribution in [2.24, 2.45) is 4.99 Å². The lowest BCUT2D eigenvalue weighted by Crippen LogP contribution is -2.37. The van der Waals surface area contributed by atoms with Gasteiger partial charge in [-0.05, 0) is 31.0 Å². The number of hydrogen-bond acceptors (Lipinski definition) is 3. The van der Waals surface area contributed by atoms with Gasteiger partial charge in [-0.15, -0.1) is 0 Å². The number of ether oxygens (including phenoxy) is 2. The monoisotopic (exact) mass is 339 g/mol. The topological polar surface area (TPSA) is 54.9 Å². The normalized spacial score (nSPS) is 14.3. The van der Waals surface area contributed by atoms with Crippen LogP contribution in [0.3, 0.4) is 0 Å². The molecule has 5 nitrogen and oxygen atoms in total. The van der Waals surface area contributed by atoms with E-state index in [9.17, 15) is 0 Å². The van der Waals surface area contributed by atoms with Crippen LogP contribution in [0.2, 0.25) is 5.02 Å². The number of hydrogen-bond donors (Lipinski definition) is 2. The van der Waals surface area contributed by atoms with Crippen LogP contribution in [0.15, 0.2) is 17.1 Å². The summed E-state index contributed by atoms with van der Waals surface area (Å²) in [6.07, 6.45) is 3.15. The minimum Gasteiger partial charge on any atom is -0.489 e. The van der Waals surface area contributed by atoms with Crippen LogP contribution in [0.1, 0.15) is 38.7 Å². The molecule has 23 heavy (non-hydrogen) atoms. The molecule has 6 heteroatoms. The first-order valence-electron chi connectivity index (χ1n) is 8.34. The fourth-order valence-corrected chi connectivity index (χ4v) is 2.56. The fraction of sp³-hybridized carbons (Fsp3) is 0.588. The van der Waals surface area contributed by atoms with Gasteiger partial charge >= 0.3 is 0 Å². The average Bonchev–Trinajstić information content (AvgIpc) is 2.78. The molecule has 0 fully saturated rings. The molecule has 0 aromatic heterocycles. The Bertz CT molecular complexity index is 535. The molecule has 1 aliphatic rings. The minimum absolute atomic E-state index is 0.540. The lowest BCUT2D eigenvalue weighted by atomic mass is 10.2. The summed E-state index contributed by atoms with van der Waals surface area (Å²) in [5, 5.41) is 7.16. The Labute approximate surface area is 143 Å². The predicted molar refractivity (Wildman–Crippen MR) is 94.8 cm³/mol. The molecule has 2 rings (SSSR count).